The first-order chi connectivity index (χ1) is 15.0. The van der Waals surface area contributed by atoms with Gasteiger partial charge in [-0.05, 0) is 90.2 Å². The zero-order valence-corrected chi connectivity index (χ0v) is 18.2. The molecule has 0 bridgehead atoms. The molecule has 0 amide bonds. The molecule has 0 unspecified atom stereocenters. The van der Waals surface area contributed by atoms with Crippen molar-refractivity contribution in [2.75, 3.05) is 0 Å². The smallest absolute Gasteiger partial charge is 0.260 e. The predicted molar refractivity (Wildman–Crippen MR) is 129 cm³/mol. The fourth-order valence-corrected chi connectivity index (χ4v) is 5.04. The Balaban J connectivity index is 1.64. The standard InChI is InChI=1S/C28H23BO2/c1-16-12-13-21(19(4)18(16)3)20-14-25-27-26(15-20)31-28-17(2)8-7-10-23(28)29(27)22-9-5-6-11-24(22)30-25/h5-15H,1-4H3. The Bertz CT molecular complexity index is 1390. The first-order valence-corrected chi connectivity index (χ1v) is 10.8. The van der Waals surface area contributed by atoms with Crippen LogP contribution < -0.4 is 25.9 Å². The number of aryl methyl sites for hydroxylation is 2. The second kappa shape index (κ2) is 6.52. The Hall–Kier alpha value is -3.46. The molecule has 2 nitrogen and oxygen atoms in total. The molecule has 2 aliphatic rings. The van der Waals surface area contributed by atoms with Gasteiger partial charge in [0, 0.05) is 5.46 Å². The molecule has 31 heavy (non-hydrogen) atoms. The molecule has 0 spiro atoms. The molecule has 4 aromatic rings. The third-order valence-corrected chi connectivity index (χ3v) is 6.98. The van der Waals surface area contributed by atoms with Crippen molar-refractivity contribution in [3.8, 4) is 34.1 Å². The van der Waals surface area contributed by atoms with E-state index in [0.29, 0.717) is 0 Å². The van der Waals surface area contributed by atoms with Crippen LogP contribution in [0.2, 0.25) is 0 Å². The van der Waals surface area contributed by atoms with Crippen molar-refractivity contribution in [2.24, 2.45) is 0 Å². The highest BCUT2D eigenvalue weighted by atomic mass is 16.5. The van der Waals surface area contributed by atoms with Crippen molar-refractivity contribution < 1.29 is 9.47 Å². The fourth-order valence-electron chi connectivity index (χ4n) is 5.04. The lowest BCUT2D eigenvalue weighted by Crippen LogP contribution is -2.57. The lowest BCUT2D eigenvalue weighted by molar-refractivity contribution is 0.463. The van der Waals surface area contributed by atoms with Gasteiger partial charge >= 0.3 is 0 Å². The molecular formula is C28H23BO2. The molecule has 3 heteroatoms. The quantitative estimate of drug-likeness (QED) is 0.347. The van der Waals surface area contributed by atoms with E-state index in [0.717, 1.165) is 39.6 Å². The second-order valence-corrected chi connectivity index (χ2v) is 8.73. The van der Waals surface area contributed by atoms with Gasteiger partial charge in [0.25, 0.3) is 6.71 Å². The third-order valence-electron chi connectivity index (χ3n) is 6.98. The van der Waals surface area contributed by atoms with Crippen LogP contribution in [0.25, 0.3) is 11.1 Å². The van der Waals surface area contributed by atoms with Crippen LogP contribution in [-0.2, 0) is 0 Å². The van der Waals surface area contributed by atoms with Crippen LogP contribution in [0.4, 0.5) is 0 Å². The maximum Gasteiger partial charge on any atom is 0.260 e. The highest BCUT2D eigenvalue weighted by Crippen LogP contribution is 2.40. The Labute approximate surface area is 183 Å². The third kappa shape index (κ3) is 2.59. The van der Waals surface area contributed by atoms with Gasteiger partial charge in [-0.15, -0.1) is 0 Å². The van der Waals surface area contributed by atoms with Gasteiger partial charge in [-0.3, -0.25) is 0 Å². The average Bonchev–Trinajstić information content (AvgIpc) is 2.78. The van der Waals surface area contributed by atoms with E-state index < -0.39 is 0 Å². The van der Waals surface area contributed by atoms with Gasteiger partial charge in [-0.25, -0.2) is 0 Å². The molecule has 150 valence electrons. The molecule has 2 aliphatic heterocycles. The number of benzene rings is 4. The van der Waals surface area contributed by atoms with E-state index in [9.17, 15) is 0 Å². The van der Waals surface area contributed by atoms with Crippen LogP contribution in [0.3, 0.4) is 0 Å². The average molecular weight is 402 g/mol. The molecule has 2 heterocycles. The number of hydrogen-bond acceptors (Lipinski definition) is 2. The van der Waals surface area contributed by atoms with Gasteiger partial charge in [0.1, 0.15) is 23.0 Å². The summed E-state index contributed by atoms with van der Waals surface area (Å²) in [5.74, 6) is 3.68. The van der Waals surface area contributed by atoms with Crippen molar-refractivity contribution >= 4 is 23.1 Å². The van der Waals surface area contributed by atoms with Gasteiger partial charge in [-0.2, -0.15) is 0 Å². The predicted octanol–water partition coefficient (Wildman–Crippen LogP) is 5.31. The van der Waals surface area contributed by atoms with Crippen LogP contribution in [-0.4, -0.2) is 6.71 Å². The summed E-state index contributed by atoms with van der Waals surface area (Å²) in [4.78, 5) is 0. The maximum absolute atomic E-state index is 6.55. The zero-order chi connectivity index (χ0) is 21.3. The van der Waals surface area contributed by atoms with Crippen molar-refractivity contribution in [1.29, 1.82) is 0 Å². The van der Waals surface area contributed by atoms with E-state index in [-0.39, 0.29) is 6.71 Å². The van der Waals surface area contributed by atoms with Crippen LogP contribution >= 0.6 is 0 Å². The minimum absolute atomic E-state index is 0.119. The summed E-state index contributed by atoms with van der Waals surface area (Å²) in [7, 11) is 0. The number of ether oxygens (including phenoxy) is 2. The highest BCUT2D eigenvalue weighted by molar-refractivity contribution is 6.98. The Morgan fingerprint density at radius 3 is 2.19 bits per heavy atom. The Kier molecular flexibility index (Phi) is 3.85. The van der Waals surface area contributed by atoms with E-state index in [1.165, 1.54) is 33.2 Å². The minimum Gasteiger partial charge on any atom is -0.458 e. The normalized spacial score (nSPS) is 13.0. The summed E-state index contributed by atoms with van der Waals surface area (Å²) >= 11 is 0. The summed E-state index contributed by atoms with van der Waals surface area (Å²) in [6.45, 7) is 8.79. The van der Waals surface area contributed by atoms with Crippen LogP contribution in [0.5, 0.6) is 23.0 Å². The molecule has 6 rings (SSSR count). The number of hydrogen-bond donors (Lipinski definition) is 0. The van der Waals surface area contributed by atoms with E-state index in [1.807, 2.05) is 6.07 Å². The van der Waals surface area contributed by atoms with Gasteiger partial charge in [0.05, 0.1) is 0 Å². The lowest BCUT2D eigenvalue weighted by atomic mass is 9.34. The maximum atomic E-state index is 6.55. The molecule has 0 aliphatic carbocycles. The molecule has 0 N–H and O–H groups in total. The van der Waals surface area contributed by atoms with Gasteiger partial charge in [-0.1, -0.05) is 48.5 Å². The van der Waals surface area contributed by atoms with Crippen molar-refractivity contribution in [3.63, 3.8) is 0 Å². The first kappa shape index (κ1) is 18.3. The molecule has 4 aromatic carbocycles. The Morgan fingerprint density at radius 2 is 1.35 bits per heavy atom. The van der Waals surface area contributed by atoms with Crippen molar-refractivity contribution in [2.45, 2.75) is 27.7 Å². The topological polar surface area (TPSA) is 18.5 Å². The monoisotopic (exact) mass is 402 g/mol. The largest absolute Gasteiger partial charge is 0.458 e. The van der Waals surface area contributed by atoms with E-state index >= 15 is 0 Å². The van der Waals surface area contributed by atoms with Gasteiger partial charge < -0.3 is 9.47 Å². The molecular weight excluding hydrogens is 379 g/mol. The van der Waals surface area contributed by atoms with Crippen LogP contribution in [0, 0.1) is 27.7 Å². The second-order valence-electron chi connectivity index (χ2n) is 8.73. The number of rotatable bonds is 1. The van der Waals surface area contributed by atoms with Crippen molar-refractivity contribution in [3.05, 3.63) is 89.0 Å². The van der Waals surface area contributed by atoms with E-state index in [1.54, 1.807) is 0 Å². The SMILES string of the molecule is Cc1ccc(-c2cc3c4c(c2)Oc2c(C)cccc2B4c2ccccc2O3)c(C)c1C. The van der Waals surface area contributed by atoms with E-state index in [2.05, 4.69) is 88.4 Å². The molecule has 0 saturated carbocycles. The van der Waals surface area contributed by atoms with Crippen LogP contribution in [0.1, 0.15) is 22.3 Å². The number of para-hydroxylation sites is 2. The van der Waals surface area contributed by atoms with Crippen molar-refractivity contribution in [1.82, 2.24) is 0 Å². The summed E-state index contributed by atoms with van der Waals surface area (Å²) < 4.78 is 13.0. The highest BCUT2D eigenvalue weighted by Gasteiger charge is 2.40. The Morgan fingerprint density at radius 1 is 0.613 bits per heavy atom. The number of fused-ring (bicyclic) bond motifs is 4. The molecule has 0 saturated heterocycles. The molecule has 0 radical (unpaired) electrons. The molecule has 0 atom stereocenters. The zero-order valence-electron chi connectivity index (χ0n) is 18.2. The summed E-state index contributed by atoms with van der Waals surface area (Å²) in [5, 5.41) is 0. The van der Waals surface area contributed by atoms with Crippen LogP contribution in [0.15, 0.2) is 66.7 Å². The fraction of sp³-hybridized carbons (Fsp3) is 0.143. The van der Waals surface area contributed by atoms with E-state index in [4.69, 9.17) is 9.47 Å². The first-order valence-electron chi connectivity index (χ1n) is 10.8. The summed E-state index contributed by atoms with van der Waals surface area (Å²) in [6, 6.07) is 23.6. The summed E-state index contributed by atoms with van der Waals surface area (Å²) in [5.41, 5.74) is 11.0. The molecule has 0 fully saturated rings. The summed E-state index contributed by atoms with van der Waals surface area (Å²) in [6.07, 6.45) is 0. The lowest BCUT2D eigenvalue weighted by Gasteiger charge is -2.34. The minimum atomic E-state index is 0.119. The van der Waals surface area contributed by atoms with Gasteiger partial charge in [0.15, 0.2) is 0 Å². The van der Waals surface area contributed by atoms with Gasteiger partial charge in [0.2, 0.25) is 0 Å². The molecule has 0 aromatic heterocycles.